The Kier molecular flexibility index (Phi) is 3.62. The molecule has 0 N–H and O–H groups in total. The molecule has 0 aliphatic carbocycles. The van der Waals surface area contributed by atoms with Gasteiger partial charge in [0.15, 0.2) is 0 Å². The minimum Gasteiger partial charge on any atom is -0.366 e. The van der Waals surface area contributed by atoms with Crippen LogP contribution in [0.3, 0.4) is 0 Å². The number of hydrogen-bond acceptors (Lipinski definition) is 4. The van der Waals surface area contributed by atoms with Crippen molar-refractivity contribution < 1.29 is 36.0 Å². The summed E-state index contributed by atoms with van der Waals surface area (Å²) >= 11 is 0. The molecule has 0 atom stereocenters. The van der Waals surface area contributed by atoms with Crippen LogP contribution in [0.1, 0.15) is 12.0 Å². The maximum absolute atomic E-state index is 13.0. The maximum Gasteiger partial charge on any atom is 0.575 e. The number of halogens is 6. The number of nitro groups is 1. The molecule has 0 radical (unpaired) electrons. The van der Waals surface area contributed by atoms with Gasteiger partial charge in [0, 0.05) is 4.98 Å². The normalized spacial score (nSPS) is 11.7. The summed E-state index contributed by atoms with van der Waals surface area (Å²) in [7, 11) is 0. The predicted octanol–water partition coefficient (Wildman–Crippen LogP) is 2.97. The number of pyridine rings is 1. The first-order valence-electron chi connectivity index (χ1n) is 4.00. The van der Waals surface area contributed by atoms with Crippen molar-refractivity contribution in [3.8, 4) is 5.88 Å². The lowest BCUT2D eigenvalue weighted by Crippen LogP contribution is -2.20. The van der Waals surface area contributed by atoms with Crippen molar-refractivity contribution in [2.24, 2.45) is 0 Å². The summed E-state index contributed by atoms with van der Waals surface area (Å²) in [5.74, 6) is -5.17. The quantitative estimate of drug-likeness (QED) is 0.483. The second-order valence-corrected chi connectivity index (χ2v) is 2.79. The van der Waals surface area contributed by atoms with Gasteiger partial charge in [0.05, 0.1) is 6.07 Å². The summed E-state index contributed by atoms with van der Waals surface area (Å²) in [6.45, 7) is 0. The Morgan fingerprint density at radius 1 is 1.39 bits per heavy atom. The fraction of sp³-hybridized carbons (Fsp3) is 0.286. The third-order valence-electron chi connectivity index (χ3n) is 1.58. The van der Waals surface area contributed by atoms with E-state index in [1.54, 1.807) is 0 Å². The fourth-order valence-electron chi connectivity index (χ4n) is 0.968. The van der Waals surface area contributed by atoms with E-state index >= 15 is 0 Å². The molecule has 1 aromatic rings. The minimum absolute atomic E-state index is 0.0231. The molecule has 0 aliphatic rings. The van der Waals surface area contributed by atoms with Crippen molar-refractivity contribution in [2.45, 2.75) is 12.8 Å². The van der Waals surface area contributed by atoms with Crippen LogP contribution in [0.4, 0.5) is 32.2 Å². The van der Waals surface area contributed by atoms with Gasteiger partial charge in [-0.2, -0.15) is 0 Å². The largest absolute Gasteiger partial charge is 0.575 e. The number of rotatable bonds is 3. The molecular formula is C7H2F6N2O3. The number of alkyl halides is 5. The van der Waals surface area contributed by atoms with Gasteiger partial charge in [0.25, 0.3) is 6.43 Å². The van der Waals surface area contributed by atoms with E-state index in [1.165, 1.54) is 0 Å². The number of aromatic nitrogens is 1. The molecule has 0 aliphatic heterocycles. The Hall–Kier alpha value is -2.07. The molecule has 0 saturated heterocycles. The summed E-state index contributed by atoms with van der Waals surface area (Å²) in [5, 5.41) is 10.2. The molecule has 11 heteroatoms. The highest BCUT2D eigenvalue weighted by molar-refractivity contribution is 5.36. The van der Waals surface area contributed by atoms with Crippen LogP contribution in [0.5, 0.6) is 5.88 Å². The lowest BCUT2D eigenvalue weighted by molar-refractivity contribution is -0.390. The molecular weight excluding hydrogens is 274 g/mol. The van der Waals surface area contributed by atoms with Crippen LogP contribution in [0.25, 0.3) is 0 Å². The van der Waals surface area contributed by atoms with Crippen LogP contribution in [0, 0.1) is 15.9 Å². The molecule has 0 spiro atoms. The molecule has 0 amide bonds. The van der Waals surface area contributed by atoms with E-state index in [1.807, 2.05) is 0 Å². The maximum atomic E-state index is 13.0. The Bertz CT molecular complexity index is 475. The van der Waals surface area contributed by atoms with E-state index in [0.29, 0.717) is 0 Å². The molecule has 1 aromatic heterocycles. The lowest BCUT2D eigenvalue weighted by atomic mass is 10.2. The summed E-state index contributed by atoms with van der Waals surface area (Å²) < 4.78 is 76.2. The number of ether oxygens (including phenoxy) is 1. The highest BCUT2D eigenvalue weighted by Gasteiger charge is 2.39. The van der Waals surface area contributed by atoms with Gasteiger partial charge in [0.2, 0.25) is 0 Å². The van der Waals surface area contributed by atoms with E-state index < -0.39 is 40.8 Å². The van der Waals surface area contributed by atoms with E-state index in [-0.39, 0.29) is 6.07 Å². The van der Waals surface area contributed by atoms with Crippen LogP contribution < -0.4 is 4.74 Å². The van der Waals surface area contributed by atoms with Gasteiger partial charge in [-0.3, -0.25) is 0 Å². The Labute approximate surface area is 94.1 Å². The molecule has 0 bridgehead atoms. The van der Waals surface area contributed by atoms with Gasteiger partial charge in [-0.1, -0.05) is 0 Å². The molecule has 18 heavy (non-hydrogen) atoms. The lowest BCUT2D eigenvalue weighted by Gasteiger charge is -2.09. The first-order valence-corrected chi connectivity index (χ1v) is 4.00. The van der Waals surface area contributed by atoms with Gasteiger partial charge in [-0.15, -0.1) is 13.2 Å². The highest BCUT2D eigenvalue weighted by Crippen LogP contribution is 2.35. The van der Waals surface area contributed by atoms with E-state index in [2.05, 4.69) is 9.72 Å². The zero-order valence-corrected chi connectivity index (χ0v) is 8.04. The SMILES string of the molecule is O=[N+]([O-])c1cc(F)c(C(F)F)c(OC(F)(F)F)n1. The van der Waals surface area contributed by atoms with Crippen LogP contribution in [-0.4, -0.2) is 16.3 Å². The molecule has 0 unspecified atom stereocenters. The van der Waals surface area contributed by atoms with Crippen molar-refractivity contribution >= 4 is 5.82 Å². The summed E-state index contributed by atoms with van der Waals surface area (Å²) in [4.78, 5) is 11.4. The van der Waals surface area contributed by atoms with E-state index in [9.17, 15) is 36.5 Å². The zero-order valence-electron chi connectivity index (χ0n) is 8.04. The smallest absolute Gasteiger partial charge is 0.366 e. The molecule has 0 saturated carbocycles. The molecule has 100 valence electrons. The summed E-state index contributed by atoms with van der Waals surface area (Å²) in [6.07, 6.45) is -9.10. The zero-order chi connectivity index (χ0) is 14.1. The monoisotopic (exact) mass is 276 g/mol. The predicted molar refractivity (Wildman–Crippen MR) is 42.5 cm³/mol. The molecule has 0 aromatic carbocycles. The van der Waals surface area contributed by atoms with Crippen molar-refractivity contribution in [1.82, 2.24) is 4.98 Å². The van der Waals surface area contributed by atoms with Crippen molar-refractivity contribution in [2.75, 3.05) is 0 Å². The minimum atomic E-state index is -5.43. The van der Waals surface area contributed by atoms with Crippen LogP contribution in [0.15, 0.2) is 6.07 Å². The Morgan fingerprint density at radius 2 is 1.94 bits per heavy atom. The van der Waals surface area contributed by atoms with Crippen LogP contribution in [0.2, 0.25) is 0 Å². The van der Waals surface area contributed by atoms with Gasteiger partial charge >= 0.3 is 18.1 Å². The second kappa shape index (κ2) is 4.66. The summed E-state index contributed by atoms with van der Waals surface area (Å²) in [6, 6.07) is -0.0231. The third kappa shape index (κ3) is 3.21. The molecule has 5 nitrogen and oxygen atoms in total. The van der Waals surface area contributed by atoms with Crippen molar-refractivity contribution in [3.05, 3.63) is 27.6 Å². The van der Waals surface area contributed by atoms with Gasteiger partial charge < -0.3 is 14.9 Å². The van der Waals surface area contributed by atoms with Gasteiger partial charge in [-0.25, -0.2) is 13.2 Å². The topological polar surface area (TPSA) is 65.3 Å². The third-order valence-corrected chi connectivity index (χ3v) is 1.58. The standard InChI is InChI=1S/C7H2F6N2O3/c8-2-1-3(15(16)17)14-6(4(2)5(9)10)18-7(11,12)13/h1,5H. The highest BCUT2D eigenvalue weighted by atomic mass is 19.4. The van der Waals surface area contributed by atoms with Gasteiger partial charge in [0.1, 0.15) is 11.4 Å². The first-order chi connectivity index (χ1) is 8.11. The van der Waals surface area contributed by atoms with Crippen molar-refractivity contribution in [3.63, 3.8) is 0 Å². The Morgan fingerprint density at radius 3 is 2.33 bits per heavy atom. The van der Waals surface area contributed by atoms with Gasteiger partial charge in [-0.05, 0) is 4.92 Å². The molecule has 1 rings (SSSR count). The van der Waals surface area contributed by atoms with Crippen LogP contribution in [-0.2, 0) is 0 Å². The molecule has 1 heterocycles. The number of hydrogen-bond donors (Lipinski definition) is 0. The molecule has 0 fully saturated rings. The van der Waals surface area contributed by atoms with E-state index in [0.717, 1.165) is 0 Å². The average Bonchev–Trinajstić information content (AvgIpc) is 2.12. The fourth-order valence-corrected chi connectivity index (χ4v) is 0.968. The first kappa shape index (κ1) is 14.0. The Balaban J connectivity index is 3.38. The summed E-state index contributed by atoms with van der Waals surface area (Å²) in [5.41, 5.74) is -1.79. The van der Waals surface area contributed by atoms with Crippen molar-refractivity contribution in [1.29, 1.82) is 0 Å². The van der Waals surface area contributed by atoms with Crippen LogP contribution >= 0.6 is 0 Å². The number of nitrogens with zero attached hydrogens (tertiary/aromatic N) is 2. The average molecular weight is 276 g/mol. The second-order valence-electron chi connectivity index (χ2n) is 2.79. The van der Waals surface area contributed by atoms with E-state index in [4.69, 9.17) is 0 Å².